The van der Waals surface area contributed by atoms with Gasteiger partial charge in [-0.25, -0.2) is 9.18 Å². The smallest absolute Gasteiger partial charge is 0.336 e. The van der Waals surface area contributed by atoms with Gasteiger partial charge in [-0.3, -0.25) is 4.98 Å². The molecule has 0 saturated heterocycles. The number of fused-ring (bicyclic) bond motifs is 1. The third-order valence-electron chi connectivity index (χ3n) is 2.73. The number of benzene rings is 1. The summed E-state index contributed by atoms with van der Waals surface area (Å²) in [5, 5.41) is 9.43. The van der Waals surface area contributed by atoms with E-state index in [2.05, 4.69) is 4.98 Å². The van der Waals surface area contributed by atoms with Crippen molar-refractivity contribution in [3.63, 3.8) is 0 Å². The molecule has 0 aliphatic heterocycles. The summed E-state index contributed by atoms with van der Waals surface area (Å²) in [6.45, 7) is 3.36. The van der Waals surface area contributed by atoms with Crippen LogP contribution in [-0.4, -0.2) is 16.1 Å². The van der Waals surface area contributed by atoms with Crippen molar-refractivity contribution in [3.8, 4) is 0 Å². The molecule has 1 aromatic heterocycles. The number of halogens is 2. The molecule has 0 aliphatic carbocycles. The van der Waals surface area contributed by atoms with Gasteiger partial charge in [-0.05, 0) is 25.5 Å². The molecule has 1 aromatic carbocycles. The lowest BCUT2D eigenvalue weighted by atomic mass is 10.0. The van der Waals surface area contributed by atoms with Crippen molar-refractivity contribution >= 4 is 28.5 Å². The predicted molar refractivity (Wildman–Crippen MR) is 63.1 cm³/mol. The van der Waals surface area contributed by atoms with Crippen LogP contribution in [0.5, 0.6) is 0 Å². The lowest BCUT2D eigenvalue weighted by Gasteiger charge is -2.09. The van der Waals surface area contributed by atoms with E-state index in [1.807, 2.05) is 0 Å². The summed E-state index contributed by atoms with van der Waals surface area (Å²) in [7, 11) is 0. The fraction of sp³-hybridized carbons (Fsp3) is 0.167. The Bertz CT molecular complexity index is 635. The number of aryl methyl sites for hydroxylation is 1. The van der Waals surface area contributed by atoms with E-state index in [1.54, 1.807) is 13.8 Å². The van der Waals surface area contributed by atoms with Gasteiger partial charge in [0.1, 0.15) is 5.82 Å². The Kier molecular flexibility index (Phi) is 2.75. The second-order valence-electron chi connectivity index (χ2n) is 3.79. The minimum atomic E-state index is -1.07. The molecule has 0 saturated carbocycles. The topological polar surface area (TPSA) is 50.2 Å². The first-order valence-corrected chi connectivity index (χ1v) is 5.29. The number of aromatic carboxylic acids is 1. The second kappa shape index (κ2) is 3.96. The van der Waals surface area contributed by atoms with E-state index in [4.69, 9.17) is 11.6 Å². The minimum absolute atomic E-state index is 0.106. The zero-order valence-electron chi connectivity index (χ0n) is 9.21. The standard InChI is InChI=1S/C12H9ClFNO2/c1-5-6(2)15-10-4-9(14)8(13)3-7(10)11(5)12(16)17/h3-4H,1-2H3,(H,16,17). The molecule has 5 heteroatoms. The number of carboxylic acids is 1. The van der Waals surface area contributed by atoms with Crippen LogP contribution in [0.25, 0.3) is 10.9 Å². The molecule has 2 aromatic rings. The molecular weight excluding hydrogens is 245 g/mol. The number of hydrogen-bond donors (Lipinski definition) is 1. The summed E-state index contributed by atoms with van der Waals surface area (Å²) in [6.07, 6.45) is 0. The average Bonchev–Trinajstić information content (AvgIpc) is 2.23. The Morgan fingerprint density at radius 2 is 2.06 bits per heavy atom. The van der Waals surface area contributed by atoms with Crippen molar-refractivity contribution in [2.75, 3.05) is 0 Å². The SMILES string of the molecule is Cc1nc2cc(F)c(Cl)cc2c(C(=O)O)c1C. The van der Waals surface area contributed by atoms with Gasteiger partial charge < -0.3 is 5.11 Å². The predicted octanol–water partition coefficient (Wildman–Crippen LogP) is 3.34. The third kappa shape index (κ3) is 1.85. The second-order valence-corrected chi connectivity index (χ2v) is 4.19. The van der Waals surface area contributed by atoms with Crippen molar-refractivity contribution in [1.82, 2.24) is 4.98 Å². The highest BCUT2D eigenvalue weighted by molar-refractivity contribution is 6.31. The molecule has 3 nitrogen and oxygen atoms in total. The fourth-order valence-electron chi connectivity index (χ4n) is 1.75. The van der Waals surface area contributed by atoms with Crippen LogP contribution in [0.1, 0.15) is 21.6 Å². The molecule has 0 amide bonds. The number of carbonyl (C=O) groups is 1. The maximum atomic E-state index is 13.3. The molecule has 0 fully saturated rings. The van der Waals surface area contributed by atoms with E-state index in [0.29, 0.717) is 22.2 Å². The Labute approximate surface area is 102 Å². The van der Waals surface area contributed by atoms with Crippen molar-refractivity contribution < 1.29 is 14.3 Å². The average molecular weight is 254 g/mol. The largest absolute Gasteiger partial charge is 0.478 e. The molecule has 0 radical (unpaired) electrons. The van der Waals surface area contributed by atoms with Crippen LogP contribution < -0.4 is 0 Å². The van der Waals surface area contributed by atoms with Crippen molar-refractivity contribution in [2.45, 2.75) is 13.8 Å². The van der Waals surface area contributed by atoms with Gasteiger partial charge in [0, 0.05) is 17.1 Å². The van der Waals surface area contributed by atoms with Crippen LogP contribution in [0.3, 0.4) is 0 Å². The lowest BCUT2D eigenvalue weighted by Crippen LogP contribution is -2.05. The van der Waals surface area contributed by atoms with Crippen LogP contribution in [0.2, 0.25) is 5.02 Å². The number of aromatic nitrogens is 1. The first-order valence-electron chi connectivity index (χ1n) is 4.91. The van der Waals surface area contributed by atoms with Gasteiger partial charge in [-0.15, -0.1) is 0 Å². The summed E-state index contributed by atoms with van der Waals surface area (Å²) < 4.78 is 13.3. The van der Waals surface area contributed by atoms with E-state index >= 15 is 0 Å². The molecule has 2 rings (SSSR count). The van der Waals surface area contributed by atoms with E-state index in [0.717, 1.165) is 6.07 Å². The van der Waals surface area contributed by atoms with Gasteiger partial charge in [0.25, 0.3) is 0 Å². The summed E-state index contributed by atoms with van der Waals surface area (Å²) in [5.74, 6) is -1.67. The van der Waals surface area contributed by atoms with Crippen molar-refractivity contribution in [2.24, 2.45) is 0 Å². The maximum Gasteiger partial charge on any atom is 0.336 e. The summed E-state index contributed by atoms with van der Waals surface area (Å²) >= 11 is 5.66. The molecule has 17 heavy (non-hydrogen) atoms. The molecule has 0 atom stereocenters. The summed E-state index contributed by atoms with van der Waals surface area (Å²) in [6, 6.07) is 2.45. The van der Waals surface area contributed by atoms with E-state index < -0.39 is 11.8 Å². The summed E-state index contributed by atoms with van der Waals surface area (Å²) in [5.41, 5.74) is 1.55. The summed E-state index contributed by atoms with van der Waals surface area (Å²) in [4.78, 5) is 15.4. The molecule has 1 N–H and O–H groups in total. The molecule has 0 bridgehead atoms. The zero-order valence-corrected chi connectivity index (χ0v) is 9.97. The van der Waals surface area contributed by atoms with Crippen LogP contribution in [0.4, 0.5) is 4.39 Å². The molecule has 0 aliphatic rings. The van der Waals surface area contributed by atoms with Gasteiger partial charge >= 0.3 is 5.97 Å². The Hall–Kier alpha value is -1.68. The Balaban J connectivity index is 2.98. The monoisotopic (exact) mass is 253 g/mol. The molecule has 0 spiro atoms. The number of hydrogen-bond acceptors (Lipinski definition) is 2. The first kappa shape index (κ1) is 11.8. The van der Waals surface area contributed by atoms with Crippen LogP contribution >= 0.6 is 11.6 Å². The van der Waals surface area contributed by atoms with Gasteiger partial charge in [0.15, 0.2) is 0 Å². The van der Waals surface area contributed by atoms with Gasteiger partial charge in [0.2, 0.25) is 0 Å². The first-order chi connectivity index (χ1) is 7.91. The fourth-order valence-corrected chi connectivity index (χ4v) is 1.92. The van der Waals surface area contributed by atoms with Crippen molar-refractivity contribution in [1.29, 1.82) is 0 Å². The maximum absolute atomic E-state index is 13.3. The molecular formula is C12H9ClFNO2. The number of nitrogens with zero attached hydrogens (tertiary/aromatic N) is 1. The molecule has 0 unspecified atom stereocenters. The van der Waals surface area contributed by atoms with Crippen molar-refractivity contribution in [3.05, 3.63) is 39.8 Å². The van der Waals surface area contributed by atoms with E-state index in [1.165, 1.54) is 6.07 Å². The number of rotatable bonds is 1. The van der Waals surface area contributed by atoms with E-state index in [9.17, 15) is 14.3 Å². The van der Waals surface area contributed by atoms with Crippen LogP contribution in [0.15, 0.2) is 12.1 Å². The molecule has 1 heterocycles. The van der Waals surface area contributed by atoms with Crippen LogP contribution in [0, 0.1) is 19.7 Å². The van der Waals surface area contributed by atoms with Crippen LogP contribution in [-0.2, 0) is 0 Å². The highest BCUT2D eigenvalue weighted by Gasteiger charge is 2.17. The quantitative estimate of drug-likeness (QED) is 0.848. The van der Waals surface area contributed by atoms with Gasteiger partial charge in [0.05, 0.1) is 16.1 Å². The Morgan fingerprint density at radius 3 is 2.65 bits per heavy atom. The zero-order chi connectivity index (χ0) is 12.7. The minimum Gasteiger partial charge on any atom is -0.478 e. The highest BCUT2D eigenvalue weighted by atomic mass is 35.5. The lowest BCUT2D eigenvalue weighted by molar-refractivity contribution is 0.0698. The third-order valence-corrected chi connectivity index (χ3v) is 3.02. The van der Waals surface area contributed by atoms with E-state index in [-0.39, 0.29) is 10.6 Å². The van der Waals surface area contributed by atoms with Gasteiger partial charge in [-0.2, -0.15) is 0 Å². The normalized spacial score (nSPS) is 10.8. The molecule has 88 valence electrons. The highest BCUT2D eigenvalue weighted by Crippen LogP contribution is 2.27. The number of pyridine rings is 1. The number of carboxylic acid groups (broad SMARTS) is 1. The Morgan fingerprint density at radius 1 is 1.41 bits per heavy atom. The van der Waals surface area contributed by atoms with Gasteiger partial charge in [-0.1, -0.05) is 11.6 Å².